The first kappa shape index (κ1) is 10.1. The number of aromatic nitrogens is 2. The lowest BCUT2D eigenvalue weighted by Crippen LogP contribution is -1.88. The van der Waals surface area contributed by atoms with Crippen LogP contribution in [0.5, 0.6) is 0 Å². The molecule has 0 aliphatic rings. The van der Waals surface area contributed by atoms with Gasteiger partial charge in [-0.25, -0.2) is 4.98 Å². The van der Waals surface area contributed by atoms with Crippen LogP contribution in [0, 0.1) is 0 Å². The van der Waals surface area contributed by atoms with E-state index in [0.717, 1.165) is 22.5 Å². The van der Waals surface area contributed by atoms with Gasteiger partial charge in [-0.1, -0.05) is 36.4 Å². The Morgan fingerprint density at radius 1 is 1.00 bits per heavy atom. The summed E-state index contributed by atoms with van der Waals surface area (Å²) in [5.74, 6) is 0. The highest BCUT2D eigenvalue weighted by Crippen LogP contribution is 2.18. The first-order valence-electron chi connectivity index (χ1n) is 5.51. The van der Waals surface area contributed by atoms with Crippen molar-refractivity contribution in [2.24, 2.45) is 0 Å². The summed E-state index contributed by atoms with van der Waals surface area (Å²) < 4.78 is 1.94. The highest BCUT2D eigenvalue weighted by atomic mass is 16.3. The third-order valence-corrected chi connectivity index (χ3v) is 2.76. The van der Waals surface area contributed by atoms with Crippen LogP contribution in [0.25, 0.3) is 16.9 Å². The second-order valence-corrected chi connectivity index (χ2v) is 3.95. The van der Waals surface area contributed by atoms with Crippen LogP contribution in [-0.4, -0.2) is 14.5 Å². The molecule has 3 heteroatoms. The monoisotopic (exact) mass is 224 g/mol. The van der Waals surface area contributed by atoms with Gasteiger partial charge in [-0.3, -0.25) is 0 Å². The third kappa shape index (κ3) is 1.81. The molecular weight excluding hydrogens is 212 g/mol. The van der Waals surface area contributed by atoms with E-state index in [1.54, 1.807) is 0 Å². The standard InChI is InChI=1S/C14H12N2O/c17-10-11-6-7-14-15-13(9-16(14)8-11)12-4-2-1-3-5-12/h1-9,17H,10H2. The Kier molecular flexibility index (Phi) is 2.38. The molecule has 0 unspecified atom stereocenters. The van der Waals surface area contributed by atoms with Gasteiger partial charge in [-0.2, -0.15) is 0 Å². The number of hydrogen-bond donors (Lipinski definition) is 1. The largest absolute Gasteiger partial charge is 0.392 e. The molecule has 17 heavy (non-hydrogen) atoms. The smallest absolute Gasteiger partial charge is 0.137 e. The minimum atomic E-state index is 0.0504. The molecule has 3 rings (SSSR count). The van der Waals surface area contributed by atoms with Crippen LogP contribution in [0.1, 0.15) is 5.56 Å². The fraction of sp³-hybridized carbons (Fsp3) is 0.0714. The Morgan fingerprint density at radius 2 is 1.82 bits per heavy atom. The summed E-state index contributed by atoms with van der Waals surface area (Å²) in [4.78, 5) is 4.54. The molecule has 0 aliphatic heterocycles. The molecule has 2 aromatic heterocycles. The zero-order chi connectivity index (χ0) is 11.7. The first-order valence-corrected chi connectivity index (χ1v) is 5.51. The summed E-state index contributed by atoms with van der Waals surface area (Å²) in [7, 11) is 0. The van der Waals surface area contributed by atoms with Gasteiger partial charge in [-0.15, -0.1) is 0 Å². The Morgan fingerprint density at radius 3 is 2.59 bits per heavy atom. The van der Waals surface area contributed by atoms with Gasteiger partial charge in [0.15, 0.2) is 0 Å². The molecule has 0 spiro atoms. The Labute approximate surface area is 99.0 Å². The number of nitrogens with zero attached hydrogens (tertiary/aromatic N) is 2. The van der Waals surface area contributed by atoms with E-state index in [9.17, 15) is 0 Å². The zero-order valence-electron chi connectivity index (χ0n) is 9.24. The number of aliphatic hydroxyl groups excluding tert-OH is 1. The number of aliphatic hydroxyl groups is 1. The lowest BCUT2D eigenvalue weighted by atomic mass is 10.2. The number of hydrogen-bond acceptors (Lipinski definition) is 2. The van der Waals surface area contributed by atoms with Crippen molar-refractivity contribution in [3.05, 3.63) is 60.4 Å². The molecule has 3 aromatic rings. The predicted octanol–water partition coefficient (Wildman–Crippen LogP) is 2.49. The van der Waals surface area contributed by atoms with Crippen molar-refractivity contribution < 1.29 is 5.11 Å². The van der Waals surface area contributed by atoms with Crippen molar-refractivity contribution in [2.75, 3.05) is 0 Å². The SMILES string of the molecule is OCc1ccc2nc(-c3ccccc3)cn2c1. The summed E-state index contributed by atoms with van der Waals surface area (Å²) >= 11 is 0. The van der Waals surface area contributed by atoms with E-state index in [-0.39, 0.29) is 6.61 Å². The van der Waals surface area contributed by atoms with Crippen LogP contribution in [0.15, 0.2) is 54.9 Å². The third-order valence-electron chi connectivity index (χ3n) is 2.76. The summed E-state index contributed by atoms with van der Waals surface area (Å²) in [5.41, 5.74) is 3.82. The van der Waals surface area contributed by atoms with Crippen molar-refractivity contribution in [1.82, 2.24) is 9.38 Å². The number of benzene rings is 1. The fourth-order valence-corrected chi connectivity index (χ4v) is 1.88. The normalized spacial score (nSPS) is 10.9. The van der Waals surface area contributed by atoms with E-state index in [2.05, 4.69) is 4.98 Å². The van der Waals surface area contributed by atoms with E-state index < -0.39 is 0 Å². The summed E-state index contributed by atoms with van der Waals surface area (Å²) in [6, 6.07) is 13.9. The topological polar surface area (TPSA) is 37.5 Å². The minimum absolute atomic E-state index is 0.0504. The molecule has 1 N–H and O–H groups in total. The van der Waals surface area contributed by atoms with E-state index in [0.29, 0.717) is 0 Å². The van der Waals surface area contributed by atoms with E-state index >= 15 is 0 Å². The lowest BCUT2D eigenvalue weighted by molar-refractivity contribution is 0.281. The fourth-order valence-electron chi connectivity index (χ4n) is 1.88. The summed E-state index contributed by atoms with van der Waals surface area (Å²) in [5, 5.41) is 9.09. The maximum Gasteiger partial charge on any atom is 0.137 e. The molecule has 0 bridgehead atoms. The van der Waals surface area contributed by atoms with Gasteiger partial charge in [0.2, 0.25) is 0 Å². The van der Waals surface area contributed by atoms with Crippen LogP contribution >= 0.6 is 0 Å². The van der Waals surface area contributed by atoms with Crippen LogP contribution in [-0.2, 0) is 6.61 Å². The summed E-state index contributed by atoms with van der Waals surface area (Å²) in [6.45, 7) is 0.0504. The van der Waals surface area contributed by atoms with E-state index in [1.165, 1.54) is 0 Å². The molecule has 84 valence electrons. The second kappa shape index (κ2) is 4.03. The van der Waals surface area contributed by atoms with E-state index in [1.807, 2.05) is 59.3 Å². The quantitative estimate of drug-likeness (QED) is 0.726. The average molecular weight is 224 g/mol. The van der Waals surface area contributed by atoms with Gasteiger partial charge in [0, 0.05) is 18.0 Å². The highest BCUT2D eigenvalue weighted by Gasteiger charge is 2.03. The first-order chi connectivity index (χ1) is 8.36. The summed E-state index contributed by atoms with van der Waals surface area (Å²) in [6.07, 6.45) is 3.87. The Bertz CT molecular complexity index is 644. The van der Waals surface area contributed by atoms with Crippen molar-refractivity contribution >= 4 is 5.65 Å². The van der Waals surface area contributed by atoms with Crippen molar-refractivity contribution in [2.45, 2.75) is 6.61 Å². The van der Waals surface area contributed by atoms with Gasteiger partial charge in [0.1, 0.15) is 5.65 Å². The van der Waals surface area contributed by atoms with Crippen molar-refractivity contribution in [3.8, 4) is 11.3 Å². The van der Waals surface area contributed by atoms with Crippen molar-refractivity contribution in [1.29, 1.82) is 0 Å². The average Bonchev–Trinajstić information content (AvgIpc) is 2.82. The molecule has 0 atom stereocenters. The maximum atomic E-state index is 9.09. The van der Waals surface area contributed by atoms with Crippen molar-refractivity contribution in [3.63, 3.8) is 0 Å². The molecular formula is C14H12N2O. The van der Waals surface area contributed by atoms with Crippen LogP contribution in [0.4, 0.5) is 0 Å². The molecule has 2 heterocycles. The van der Waals surface area contributed by atoms with Gasteiger partial charge >= 0.3 is 0 Å². The molecule has 0 amide bonds. The Hall–Kier alpha value is -2.13. The van der Waals surface area contributed by atoms with E-state index in [4.69, 9.17) is 5.11 Å². The number of pyridine rings is 1. The Balaban J connectivity index is 2.14. The molecule has 3 nitrogen and oxygen atoms in total. The lowest BCUT2D eigenvalue weighted by Gasteiger charge is -1.96. The predicted molar refractivity (Wildman–Crippen MR) is 66.6 cm³/mol. The molecule has 0 saturated heterocycles. The molecule has 0 saturated carbocycles. The number of imidazole rings is 1. The van der Waals surface area contributed by atoms with Crippen LogP contribution in [0.2, 0.25) is 0 Å². The molecule has 0 aliphatic carbocycles. The molecule has 1 aromatic carbocycles. The zero-order valence-corrected chi connectivity index (χ0v) is 9.24. The van der Waals surface area contributed by atoms with Crippen LogP contribution < -0.4 is 0 Å². The number of fused-ring (bicyclic) bond motifs is 1. The van der Waals surface area contributed by atoms with Gasteiger partial charge < -0.3 is 9.51 Å². The van der Waals surface area contributed by atoms with Gasteiger partial charge in [-0.05, 0) is 11.6 Å². The van der Waals surface area contributed by atoms with Gasteiger partial charge in [0.25, 0.3) is 0 Å². The maximum absolute atomic E-state index is 9.09. The minimum Gasteiger partial charge on any atom is -0.392 e. The number of rotatable bonds is 2. The molecule has 0 radical (unpaired) electrons. The van der Waals surface area contributed by atoms with Gasteiger partial charge in [0.05, 0.1) is 12.3 Å². The van der Waals surface area contributed by atoms with Crippen LogP contribution in [0.3, 0.4) is 0 Å². The second-order valence-electron chi connectivity index (χ2n) is 3.95. The highest BCUT2D eigenvalue weighted by molar-refractivity contribution is 5.62. The molecule has 0 fully saturated rings.